The first-order valence-corrected chi connectivity index (χ1v) is 12.8. The van der Waals surface area contributed by atoms with Gasteiger partial charge >= 0.3 is 5.69 Å². The third-order valence-electron chi connectivity index (χ3n) is 6.36. The molecule has 0 saturated carbocycles. The minimum atomic E-state index is -0.00108. The first-order chi connectivity index (χ1) is 17.2. The maximum Gasteiger partial charge on any atom is 0.346 e. The minimum absolute atomic E-state index is 0.00108. The van der Waals surface area contributed by atoms with Crippen molar-refractivity contribution in [3.8, 4) is 22.5 Å². The van der Waals surface area contributed by atoms with Crippen molar-refractivity contribution in [2.75, 3.05) is 0 Å². The predicted molar refractivity (Wildman–Crippen MR) is 138 cm³/mol. The number of benzene rings is 2. The molecule has 0 amide bonds. The highest BCUT2D eigenvalue weighted by Gasteiger charge is 2.14. The average molecular weight is 474 g/mol. The van der Waals surface area contributed by atoms with Crippen LogP contribution in [0.15, 0.2) is 53.3 Å². The Morgan fingerprint density at radius 3 is 2.31 bits per heavy atom. The van der Waals surface area contributed by atoms with E-state index >= 15 is 0 Å². The van der Waals surface area contributed by atoms with E-state index in [4.69, 9.17) is 5.10 Å². The molecule has 0 aliphatic carbocycles. The maximum atomic E-state index is 13.2. The van der Waals surface area contributed by atoms with Crippen molar-refractivity contribution in [2.45, 2.75) is 78.3 Å². The number of aromatic amines is 1. The van der Waals surface area contributed by atoms with Gasteiger partial charge in [0.05, 0.1) is 6.54 Å². The van der Waals surface area contributed by atoms with Gasteiger partial charge in [-0.05, 0) is 40.0 Å². The van der Waals surface area contributed by atoms with Gasteiger partial charge in [-0.25, -0.2) is 14.6 Å². The van der Waals surface area contributed by atoms with Crippen molar-refractivity contribution < 1.29 is 0 Å². The van der Waals surface area contributed by atoms with Gasteiger partial charge in [0.25, 0.3) is 0 Å². The van der Waals surface area contributed by atoms with Crippen molar-refractivity contribution in [1.82, 2.24) is 35.0 Å². The molecule has 0 spiro atoms. The molecule has 2 aromatic heterocycles. The molecule has 0 unspecified atom stereocenters. The van der Waals surface area contributed by atoms with Crippen molar-refractivity contribution in [1.29, 1.82) is 0 Å². The molecular weight excluding hydrogens is 438 g/mol. The van der Waals surface area contributed by atoms with Crippen LogP contribution in [0.4, 0.5) is 0 Å². The van der Waals surface area contributed by atoms with Gasteiger partial charge in [-0.1, -0.05) is 94.5 Å². The van der Waals surface area contributed by atoms with Gasteiger partial charge < -0.3 is 0 Å². The zero-order valence-electron chi connectivity index (χ0n) is 20.8. The molecule has 2 heterocycles. The van der Waals surface area contributed by atoms with E-state index in [2.05, 4.69) is 64.8 Å². The quantitative estimate of drug-likeness (QED) is 0.268. The Bertz CT molecular complexity index is 1240. The number of unbranched alkanes of at least 4 members (excludes halogenated alkanes) is 5. The van der Waals surface area contributed by atoms with E-state index in [-0.39, 0.29) is 5.69 Å². The number of hydrogen-bond donors (Lipinski definition) is 1. The second kappa shape index (κ2) is 12.2. The van der Waals surface area contributed by atoms with Crippen LogP contribution in [0.3, 0.4) is 0 Å². The van der Waals surface area contributed by atoms with E-state index in [0.29, 0.717) is 18.9 Å². The molecule has 0 aliphatic rings. The van der Waals surface area contributed by atoms with Gasteiger partial charge in [0, 0.05) is 18.5 Å². The summed E-state index contributed by atoms with van der Waals surface area (Å²) >= 11 is 0. The van der Waals surface area contributed by atoms with E-state index in [9.17, 15) is 4.79 Å². The van der Waals surface area contributed by atoms with Crippen LogP contribution in [0.5, 0.6) is 0 Å². The Kier molecular flexibility index (Phi) is 8.59. The molecular formula is C27H35N7O. The standard InChI is InChI=1S/C27H35N7O/c1-3-5-7-8-11-19-34-27(35)33(25(30-34)14-6-4-2)20-21-15-17-22(18-16-21)23-12-9-10-13-24(23)26-28-31-32-29-26/h9-10,12-13,15-18H,3-8,11,14,19-20H2,1-2H3,(H,28,29,31,32). The number of nitrogens with one attached hydrogen (secondary N) is 1. The molecule has 2 aromatic carbocycles. The van der Waals surface area contributed by atoms with Gasteiger partial charge in [0.1, 0.15) is 5.82 Å². The molecule has 8 nitrogen and oxygen atoms in total. The normalized spacial score (nSPS) is 11.3. The number of hydrogen-bond acceptors (Lipinski definition) is 5. The Morgan fingerprint density at radius 2 is 1.60 bits per heavy atom. The Morgan fingerprint density at radius 1 is 0.857 bits per heavy atom. The van der Waals surface area contributed by atoms with Crippen molar-refractivity contribution in [3.63, 3.8) is 0 Å². The molecule has 4 rings (SSSR count). The molecule has 8 heteroatoms. The van der Waals surface area contributed by atoms with Crippen LogP contribution < -0.4 is 5.69 Å². The van der Waals surface area contributed by atoms with E-state index < -0.39 is 0 Å². The maximum absolute atomic E-state index is 13.2. The Balaban J connectivity index is 1.53. The highest BCUT2D eigenvalue weighted by Crippen LogP contribution is 2.29. The summed E-state index contributed by atoms with van der Waals surface area (Å²) in [6.07, 6.45) is 8.76. The predicted octanol–water partition coefficient (Wildman–Crippen LogP) is 5.25. The molecule has 0 aliphatic heterocycles. The van der Waals surface area contributed by atoms with Gasteiger partial charge in [-0.3, -0.25) is 4.57 Å². The third kappa shape index (κ3) is 6.12. The van der Waals surface area contributed by atoms with Crippen molar-refractivity contribution in [3.05, 3.63) is 70.4 Å². The highest BCUT2D eigenvalue weighted by molar-refractivity contribution is 5.80. The largest absolute Gasteiger partial charge is 0.346 e. The molecule has 35 heavy (non-hydrogen) atoms. The van der Waals surface area contributed by atoms with E-state index in [1.54, 1.807) is 4.68 Å². The molecule has 184 valence electrons. The third-order valence-corrected chi connectivity index (χ3v) is 6.36. The van der Waals surface area contributed by atoms with Gasteiger partial charge in [-0.2, -0.15) is 5.10 Å². The second-order valence-corrected chi connectivity index (χ2v) is 9.02. The molecule has 4 aromatic rings. The van der Waals surface area contributed by atoms with Gasteiger partial charge in [0.2, 0.25) is 0 Å². The lowest BCUT2D eigenvalue weighted by Gasteiger charge is -2.09. The molecule has 1 N–H and O–H groups in total. The van der Waals surface area contributed by atoms with Gasteiger partial charge in [-0.15, -0.1) is 5.10 Å². The number of tetrazole rings is 1. The fourth-order valence-corrected chi connectivity index (χ4v) is 4.36. The van der Waals surface area contributed by atoms with Crippen LogP contribution in [0, 0.1) is 0 Å². The lowest BCUT2D eigenvalue weighted by atomic mass is 9.98. The van der Waals surface area contributed by atoms with Gasteiger partial charge in [0.15, 0.2) is 5.82 Å². The summed E-state index contributed by atoms with van der Waals surface area (Å²) in [7, 11) is 0. The van der Waals surface area contributed by atoms with Crippen LogP contribution in [-0.2, 0) is 19.5 Å². The van der Waals surface area contributed by atoms with Crippen molar-refractivity contribution in [2.24, 2.45) is 0 Å². The monoisotopic (exact) mass is 473 g/mol. The molecule has 0 atom stereocenters. The van der Waals surface area contributed by atoms with Crippen LogP contribution in [0.25, 0.3) is 22.5 Å². The van der Waals surface area contributed by atoms with Crippen LogP contribution in [0.1, 0.15) is 70.2 Å². The summed E-state index contributed by atoms with van der Waals surface area (Å²) in [4.78, 5) is 13.2. The zero-order valence-corrected chi connectivity index (χ0v) is 20.8. The van der Waals surface area contributed by atoms with Crippen LogP contribution in [-0.4, -0.2) is 35.0 Å². The average Bonchev–Trinajstić information content (AvgIpc) is 3.53. The first kappa shape index (κ1) is 24.6. The summed E-state index contributed by atoms with van der Waals surface area (Å²) in [5.41, 5.74) is 4.15. The highest BCUT2D eigenvalue weighted by atomic mass is 16.2. The number of H-pyrrole nitrogens is 1. The number of nitrogens with zero attached hydrogens (tertiary/aromatic N) is 6. The molecule has 0 saturated heterocycles. The molecule has 0 fully saturated rings. The van der Waals surface area contributed by atoms with E-state index in [1.807, 2.05) is 22.8 Å². The number of aromatic nitrogens is 7. The summed E-state index contributed by atoms with van der Waals surface area (Å²) in [6.45, 7) is 5.60. The first-order valence-electron chi connectivity index (χ1n) is 12.8. The van der Waals surface area contributed by atoms with Crippen molar-refractivity contribution >= 4 is 0 Å². The second-order valence-electron chi connectivity index (χ2n) is 9.02. The summed E-state index contributed by atoms with van der Waals surface area (Å²) in [6, 6.07) is 16.4. The summed E-state index contributed by atoms with van der Waals surface area (Å²) in [5, 5.41) is 19.0. The summed E-state index contributed by atoms with van der Waals surface area (Å²) in [5.74, 6) is 1.52. The fourth-order valence-electron chi connectivity index (χ4n) is 4.36. The summed E-state index contributed by atoms with van der Waals surface area (Å²) < 4.78 is 3.53. The SMILES string of the molecule is CCCCCCCn1nc(CCCC)n(Cc2ccc(-c3ccccc3-c3nnn[nH]3)cc2)c1=O. The topological polar surface area (TPSA) is 94.3 Å². The fraction of sp³-hybridized carbons (Fsp3) is 0.444. The Hall–Kier alpha value is -3.55. The molecule has 0 bridgehead atoms. The zero-order chi connectivity index (χ0) is 24.5. The number of aryl methyl sites for hydroxylation is 2. The molecule has 0 radical (unpaired) electrons. The number of rotatable bonds is 13. The van der Waals surface area contributed by atoms with Crippen LogP contribution >= 0.6 is 0 Å². The lowest BCUT2D eigenvalue weighted by molar-refractivity contribution is 0.514. The Labute approximate surface area is 206 Å². The van der Waals surface area contributed by atoms with Crippen LogP contribution in [0.2, 0.25) is 0 Å². The smallest absolute Gasteiger partial charge is 0.274 e. The lowest BCUT2D eigenvalue weighted by Crippen LogP contribution is -2.26. The van der Waals surface area contributed by atoms with E-state index in [1.165, 1.54) is 19.3 Å². The minimum Gasteiger partial charge on any atom is -0.274 e. The van der Waals surface area contributed by atoms with E-state index in [0.717, 1.165) is 60.2 Å².